The number of aromatic carboxylic acids is 1. The van der Waals surface area contributed by atoms with E-state index in [2.05, 4.69) is 10.3 Å². The predicted molar refractivity (Wildman–Crippen MR) is 52.6 cm³/mol. The number of nitrogens with two attached hydrogens (primary N) is 1. The third-order valence-corrected chi connectivity index (χ3v) is 2.51. The molecule has 0 radical (unpaired) electrons. The molecular weight excluding hydrogens is 196 g/mol. The largest absolute Gasteiger partial charge is 0.476 e. The number of aromatic nitrogens is 3. The van der Waals surface area contributed by atoms with Crippen LogP contribution >= 0.6 is 0 Å². The van der Waals surface area contributed by atoms with Crippen molar-refractivity contribution in [1.29, 1.82) is 0 Å². The number of hydrogen-bond donors (Lipinski definition) is 2. The van der Waals surface area contributed by atoms with Gasteiger partial charge in [-0.2, -0.15) is 0 Å². The molecule has 6 heteroatoms. The van der Waals surface area contributed by atoms with Crippen molar-refractivity contribution < 1.29 is 9.90 Å². The lowest BCUT2D eigenvalue weighted by atomic mass is 10.2. The first kappa shape index (κ1) is 10.1. The molecule has 1 aliphatic carbocycles. The summed E-state index contributed by atoms with van der Waals surface area (Å²) in [6, 6.07) is 0. The molecule has 1 aliphatic rings. The minimum atomic E-state index is -0.990. The predicted octanol–water partition coefficient (Wildman–Crippen LogP) is 0.202. The maximum absolute atomic E-state index is 10.9. The molecule has 6 nitrogen and oxygen atoms in total. The normalized spacial score (nSPS) is 15.5. The second-order valence-electron chi connectivity index (χ2n) is 3.77. The Balaban J connectivity index is 2.25. The number of hydrogen-bond acceptors (Lipinski definition) is 4. The summed E-state index contributed by atoms with van der Waals surface area (Å²) in [5.41, 5.74) is 6.29. The molecule has 1 aromatic heterocycles. The molecule has 15 heavy (non-hydrogen) atoms. The fraction of sp³-hybridized carbons (Fsp3) is 0.667. The SMILES string of the molecule is NCCCn1nnc(C(=O)O)c1C1CC1. The molecule has 0 aliphatic heterocycles. The van der Waals surface area contributed by atoms with E-state index >= 15 is 0 Å². The van der Waals surface area contributed by atoms with E-state index in [1.165, 1.54) is 0 Å². The van der Waals surface area contributed by atoms with Crippen molar-refractivity contribution in [2.24, 2.45) is 5.73 Å². The van der Waals surface area contributed by atoms with Crippen LogP contribution in [0.4, 0.5) is 0 Å². The van der Waals surface area contributed by atoms with E-state index in [0.29, 0.717) is 19.0 Å². The van der Waals surface area contributed by atoms with Crippen molar-refractivity contribution in [1.82, 2.24) is 15.0 Å². The van der Waals surface area contributed by atoms with E-state index in [4.69, 9.17) is 10.8 Å². The average Bonchev–Trinajstić information content (AvgIpc) is 2.95. The maximum Gasteiger partial charge on any atom is 0.358 e. The van der Waals surface area contributed by atoms with Gasteiger partial charge >= 0.3 is 5.97 Å². The first-order valence-corrected chi connectivity index (χ1v) is 5.10. The van der Waals surface area contributed by atoms with Crippen molar-refractivity contribution >= 4 is 5.97 Å². The summed E-state index contributed by atoms with van der Waals surface area (Å²) >= 11 is 0. The lowest BCUT2D eigenvalue weighted by molar-refractivity contribution is 0.0689. The molecule has 0 unspecified atom stereocenters. The maximum atomic E-state index is 10.9. The Bertz CT molecular complexity index is 370. The Hall–Kier alpha value is -1.43. The molecule has 0 atom stereocenters. The first-order chi connectivity index (χ1) is 7.24. The zero-order valence-corrected chi connectivity index (χ0v) is 8.39. The van der Waals surface area contributed by atoms with E-state index in [-0.39, 0.29) is 5.69 Å². The molecule has 3 N–H and O–H groups in total. The summed E-state index contributed by atoms with van der Waals surface area (Å²) < 4.78 is 1.69. The van der Waals surface area contributed by atoms with Crippen LogP contribution in [0.3, 0.4) is 0 Å². The zero-order valence-electron chi connectivity index (χ0n) is 8.39. The van der Waals surface area contributed by atoms with Gasteiger partial charge < -0.3 is 10.8 Å². The Kier molecular flexibility index (Phi) is 2.68. The van der Waals surface area contributed by atoms with E-state index in [1.54, 1.807) is 4.68 Å². The van der Waals surface area contributed by atoms with Crippen LogP contribution in [0.15, 0.2) is 0 Å². The summed E-state index contributed by atoms with van der Waals surface area (Å²) in [7, 11) is 0. The van der Waals surface area contributed by atoms with Crippen LogP contribution in [0.25, 0.3) is 0 Å². The summed E-state index contributed by atoms with van der Waals surface area (Å²) in [5, 5.41) is 16.5. The second kappa shape index (κ2) is 3.98. The van der Waals surface area contributed by atoms with Crippen molar-refractivity contribution in [3.8, 4) is 0 Å². The van der Waals surface area contributed by atoms with Crippen molar-refractivity contribution in [2.45, 2.75) is 31.7 Å². The molecule has 82 valence electrons. The van der Waals surface area contributed by atoms with E-state index in [9.17, 15) is 4.79 Å². The van der Waals surface area contributed by atoms with Gasteiger partial charge in [0.1, 0.15) is 0 Å². The number of carbonyl (C=O) groups is 1. The van der Waals surface area contributed by atoms with Gasteiger partial charge in [0.2, 0.25) is 0 Å². The summed E-state index contributed by atoms with van der Waals surface area (Å²) in [6.45, 7) is 1.23. The number of aryl methyl sites for hydroxylation is 1. The molecular formula is C9H14N4O2. The van der Waals surface area contributed by atoms with Crippen LogP contribution in [0, 0.1) is 0 Å². The molecule has 1 saturated carbocycles. The number of carboxylic acids is 1. The third kappa shape index (κ3) is 1.99. The van der Waals surface area contributed by atoms with Crippen LogP contribution in [-0.4, -0.2) is 32.6 Å². The van der Waals surface area contributed by atoms with E-state index < -0.39 is 5.97 Å². The Morgan fingerprint density at radius 2 is 2.33 bits per heavy atom. The molecule has 0 amide bonds. The van der Waals surface area contributed by atoms with Gasteiger partial charge in [0.25, 0.3) is 0 Å². The molecule has 1 fully saturated rings. The number of carboxylic acid groups (broad SMARTS) is 1. The molecule has 1 aromatic rings. The Labute approximate surface area is 87.1 Å². The van der Waals surface area contributed by atoms with Gasteiger partial charge in [0, 0.05) is 12.5 Å². The van der Waals surface area contributed by atoms with Gasteiger partial charge in [-0.1, -0.05) is 5.21 Å². The minimum absolute atomic E-state index is 0.106. The van der Waals surface area contributed by atoms with E-state index in [0.717, 1.165) is 25.0 Å². The molecule has 2 rings (SSSR count). The number of nitrogens with zero attached hydrogens (tertiary/aromatic N) is 3. The van der Waals surface area contributed by atoms with Gasteiger partial charge in [-0.3, -0.25) is 0 Å². The lowest BCUT2D eigenvalue weighted by Crippen LogP contribution is -2.10. The minimum Gasteiger partial charge on any atom is -0.476 e. The van der Waals surface area contributed by atoms with Crippen LogP contribution in [0.1, 0.15) is 41.4 Å². The van der Waals surface area contributed by atoms with Gasteiger partial charge in [0.05, 0.1) is 5.69 Å². The topological polar surface area (TPSA) is 94.0 Å². The first-order valence-electron chi connectivity index (χ1n) is 5.10. The summed E-state index contributed by atoms with van der Waals surface area (Å²) in [4.78, 5) is 10.9. The molecule has 1 heterocycles. The smallest absolute Gasteiger partial charge is 0.358 e. The van der Waals surface area contributed by atoms with Gasteiger partial charge in [-0.05, 0) is 25.8 Å². The fourth-order valence-corrected chi connectivity index (χ4v) is 1.64. The van der Waals surface area contributed by atoms with Crippen molar-refractivity contribution in [2.75, 3.05) is 6.54 Å². The third-order valence-electron chi connectivity index (χ3n) is 2.51. The van der Waals surface area contributed by atoms with Crippen molar-refractivity contribution in [3.63, 3.8) is 0 Å². The van der Waals surface area contributed by atoms with Gasteiger partial charge in [0.15, 0.2) is 5.69 Å². The molecule has 0 aromatic carbocycles. The lowest BCUT2D eigenvalue weighted by Gasteiger charge is -2.04. The summed E-state index contributed by atoms with van der Waals surface area (Å²) in [5.74, 6) is -0.653. The quantitative estimate of drug-likeness (QED) is 0.724. The highest BCUT2D eigenvalue weighted by Crippen LogP contribution is 2.41. The van der Waals surface area contributed by atoms with Crippen LogP contribution < -0.4 is 5.73 Å². The zero-order chi connectivity index (χ0) is 10.8. The van der Waals surface area contributed by atoms with Crippen LogP contribution in [0.2, 0.25) is 0 Å². The number of rotatable bonds is 5. The average molecular weight is 210 g/mol. The Morgan fingerprint density at radius 3 is 2.87 bits per heavy atom. The Morgan fingerprint density at radius 1 is 1.60 bits per heavy atom. The fourth-order valence-electron chi connectivity index (χ4n) is 1.64. The van der Waals surface area contributed by atoms with Crippen LogP contribution in [0.5, 0.6) is 0 Å². The highest BCUT2D eigenvalue weighted by molar-refractivity contribution is 5.86. The van der Waals surface area contributed by atoms with Gasteiger partial charge in [-0.25, -0.2) is 9.48 Å². The molecule has 0 spiro atoms. The standard InChI is InChI=1S/C9H14N4O2/c10-4-1-5-13-8(6-2-3-6)7(9(14)15)11-12-13/h6H,1-5,10H2,(H,14,15). The van der Waals surface area contributed by atoms with Crippen molar-refractivity contribution in [3.05, 3.63) is 11.4 Å². The monoisotopic (exact) mass is 210 g/mol. The highest BCUT2D eigenvalue weighted by Gasteiger charge is 2.33. The molecule has 0 bridgehead atoms. The molecule has 0 saturated heterocycles. The summed E-state index contributed by atoms with van der Waals surface area (Å²) in [6.07, 6.45) is 2.87. The van der Waals surface area contributed by atoms with E-state index in [1.807, 2.05) is 0 Å². The van der Waals surface area contributed by atoms with Gasteiger partial charge in [-0.15, -0.1) is 5.10 Å². The van der Waals surface area contributed by atoms with Crippen LogP contribution in [-0.2, 0) is 6.54 Å². The second-order valence-corrected chi connectivity index (χ2v) is 3.77. The highest BCUT2D eigenvalue weighted by atomic mass is 16.4.